The molecule has 0 bridgehead atoms. The Hall–Kier alpha value is -1.25. The number of hydrogen-bond donors (Lipinski definition) is 1. The lowest BCUT2D eigenvalue weighted by Gasteiger charge is -2.08. The third kappa shape index (κ3) is 4.12. The van der Waals surface area contributed by atoms with Gasteiger partial charge in [-0.3, -0.25) is 0 Å². The first-order chi connectivity index (χ1) is 9.04. The van der Waals surface area contributed by atoms with Crippen molar-refractivity contribution in [3.05, 3.63) is 59.2 Å². The molecule has 2 aromatic carbocycles. The van der Waals surface area contributed by atoms with E-state index in [0.29, 0.717) is 0 Å². The molecule has 0 aliphatic carbocycles. The summed E-state index contributed by atoms with van der Waals surface area (Å²) in [7, 11) is 0. The van der Waals surface area contributed by atoms with Crippen molar-refractivity contribution in [2.75, 3.05) is 0 Å². The van der Waals surface area contributed by atoms with Crippen LogP contribution in [0.15, 0.2) is 52.3 Å². The van der Waals surface area contributed by atoms with E-state index < -0.39 is 0 Å². The smallest absolute Gasteiger partial charge is 0.0151 e. The number of hydrogen-bond acceptors (Lipinski definition) is 2. The van der Waals surface area contributed by atoms with E-state index in [1.54, 1.807) is 0 Å². The molecule has 1 atom stereocenters. The van der Waals surface area contributed by atoms with Gasteiger partial charge in [-0.1, -0.05) is 41.6 Å². The molecule has 0 heterocycles. The molecule has 0 aliphatic rings. The number of benzene rings is 2. The standard InChI is InChI=1S/C17H21NS/c1-12-4-9-17(13(2)10-12)19-16-7-5-15(6-8-16)11-14(3)18/h4-10,14H,11,18H2,1-3H3. The third-order valence-electron chi connectivity index (χ3n) is 3.04. The van der Waals surface area contributed by atoms with Crippen LogP contribution in [0.3, 0.4) is 0 Å². The van der Waals surface area contributed by atoms with Crippen LogP contribution < -0.4 is 5.73 Å². The minimum atomic E-state index is 0.220. The molecule has 0 aliphatic heterocycles. The van der Waals surface area contributed by atoms with Crippen molar-refractivity contribution >= 4 is 11.8 Å². The van der Waals surface area contributed by atoms with Crippen LogP contribution in [-0.4, -0.2) is 6.04 Å². The molecule has 0 saturated heterocycles. The minimum Gasteiger partial charge on any atom is -0.328 e. The van der Waals surface area contributed by atoms with Crippen molar-refractivity contribution in [1.82, 2.24) is 0 Å². The molecule has 0 spiro atoms. The maximum absolute atomic E-state index is 5.81. The molecule has 0 fully saturated rings. The first kappa shape index (κ1) is 14.2. The Labute approximate surface area is 120 Å². The van der Waals surface area contributed by atoms with Gasteiger partial charge in [-0.2, -0.15) is 0 Å². The molecule has 1 nitrogen and oxygen atoms in total. The quantitative estimate of drug-likeness (QED) is 0.895. The van der Waals surface area contributed by atoms with Gasteiger partial charge in [-0.15, -0.1) is 0 Å². The highest BCUT2D eigenvalue weighted by atomic mass is 32.2. The lowest BCUT2D eigenvalue weighted by atomic mass is 10.1. The van der Waals surface area contributed by atoms with Crippen molar-refractivity contribution in [2.24, 2.45) is 5.73 Å². The second kappa shape index (κ2) is 6.27. The summed E-state index contributed by atoms with van der Waals surface area (Å²) in [6.07, 6.45) is 0.939. The van der Waals surface area contributed by atoms with Gasteiger partial charge in [0, 0.05) is 15.8 Å². The van der Waals surface area contributed by atoms with Crippen LogP contribution in [-0.2, 0) is 6.42 Å². The average Bonchev–Trinajstić information content (AvgIpc) is 2.34. The van der Waals surface area contributed by atoms with Gasteiger partial charge in [0.15, 0.2) is 0 Å². The van der Waals surface area contributed by atoms with E-state index in [1.807, 2.05) is 18.7 Å². The highest BCUT2D eigenvalue weighted by Gasteiger charge is 2.03. The summed E-state index contributed by atoms with van der Waals surface area (Å²) in [5, 5.41) is 0. The number of nitrogens with two attached hydrogens (primary N) is 1. The van der Waals surface area contributed by atoms with Crippen LogP contribution in [0.2, 0.25) is 0 Å². The normalized spacial score (nSPS) is 12.4. The first-order valence-electron chi connectivity index (χ1n) is 6.64. The number of aryl methyl sites for hydroxylation is 2. The summed E-state index contributed by atoms with van der Waals surface area (Å²) in [4.78, 5) is 2.60. The number of rotatable bonds is 4. The summed E-state index contributed by atoms with van der Waals surface area (Å²) in [6.45, 7) is 6.34. The van der Waals surface area contributed by atoms with E-state index in [1.165, 1.54) is 26.5 Å². The van der Waals surface area contributed by atoms with E-state index >= 15 is 0 Å². The Morgan fingerprint density at radius 3 is 2.32 bits per heavy atom. The second-order valence-corrected chi connectivity index (χ2v) is 6.31. The molecular formula is C17H21NS. The van der Waals surface area contributed by atoms with Gasteiger partial charge in [0.25, 0.3) is 0 Å². The van der Waals surface area contributed by atoms with E-state index in [9.17, 15) is 0 Å². The lowest BCUT2D eigenvalue weighted by molar-refractivity contribution is 0.737. The van der Waals surface area contributed by atoms with Gasteiger partial charge >= 0.3 is 0 Å². The Balaban J connectivity index is 2.10. The van der Waals surface area contributed by atoms with Crippen molar-refractivity contribution in [1.29, 1.82) is 0 Å². The van der Waals surface area contributed by atoms with Gasteiger partial charge in [-0.25, -0.2) is 0 Å². The van der Waals surface area contributed by atoms with E-state index in [2.05, 4.69) is 56.3 Å². The first-order valence-corrected chi connectivity index (χ1v) is 7.46. The zero-order chi connectivity index (χ0) is 13.8. The summed E-state index contributed by atoms with van der Waals surface area (Å²) >= 11 is 1.82. The molecule has 0 saturated carbocycles. The van der Waals surface area contributed by atoms with Crippen LogP contribution in [0.5, 0.6) is 0 Å². The molecule has 2 aromatic rings. The molecule has 2 heteroatoms. The zero-order valence-electron chi connectivity index (χ0n) is 11.8. The third-order valence-corrected chi connectivity index (χ3v) is 4.23. The van der Waals surface area contributed by atoms with Crippen molar-refractivity contribution in [3.8, 4) is 0 Å². The molecule has 2 N–H and O–H groups in total. The zero-order valence-corrected chi connectivity index (χ0v) is 12.6. The molecular weight excluding hydrogens is 250 g/mol. The second-order valence-electron chi connectivity index (χ2n) is 5.20. The summed E-state index contributed by atoms with van der Waals surface area (Å²) in [6, 6.07) is 15.5. The summed E-state index contributed by atoms with van der Waals surface area (Å²) in [5.41, 5.74) is 9.77. The van der Waals surface area contributed by atoms with Gasteiger partial charge < -0.3 is 5.73 Å². The van der Waals surface area contributed by atoms with E-state index in [4.69, 9.17) is 5.73 Å². The topological polar surface area (TPSA) is 26.0 Å². The monoisotopic (exact) mass is 271 g/mol. The maximum atomic E-state index is 5.81. The van der Waals surface area contributed by atoms with Gasteiger partial charge in [-0.05, 0) is 56.5 Å². The predicted molar refractivity (Wildman–Crippen MR) is 83.8 cm³/mol. The van der Waals surface area contributed by atoms with Crippen LogP contribution >= 0.6 is 11.8 Å². The largest absolute Gasteiger partial charge is 0.328 e. The van der Waals surface area contributed by atoms with E-state index in [-0.39, 0.29) is 6.04 Å². The van der Waals surface area contributed by atoms with Crippen LogP contribution in [0.1, 0.15) is 23.6 Å². The highest BCUT2D eigenvalue weighted by molar-refractivity contribution is 7.99. The summed E-state index contributed by atoms with van der Waals surface area (Å²) < 4.78 is 0. The summed E-state index contributed by atoms with van der Waals surface area (Å²) in [5.74, 6) is 0. The van der Waals surface area contributed by atoms with Crippen LogP contribution in [0, 0.1) is 13.8 Å². The fourth-order valence-electron chi connectivity index (χ4n) is 2.11. The van der Waals surface area contributed by atoms with Gasteiger partial charge in [0.1, 0.15) is 0 Å². The molecule has 0 amide bonds. The van der Waals surface area contributed by atoms with Gasteiger partial charge in [0.2, 0.25) is 0 Å². The maximum Gasteiger partial charge on any atom is 0.0151 e. The predicted octanol–water partition coefficient (Wildman–Crippen LogP) is 4.34. The average molecular weight is 271 g/mol. The molecule has 1 unspecified atom stereocenters. The Bertz CT molecular complexity index is 544. The molecule has 0 radical (unpaired) electrons. The SMILES string of the molecule is Cc1ccc(Sc2ccc(CC(C)N)cc2)c(C)c1. The molecule has 100 valence electrons. The van der Waals surface area contributed by atoms with Crippen molar-refractivity contribution in [2.45, 2.75) is 43.0 Å². The van der Waals surface area contributed by atoms with Crippen LogP contribution in [0.25, 0.3) is 0 Å². The van der Waals surface area contributed by atoms with Crippen molar-refractivity contribution in [3.63, 3.8) is 0 Å². The minimum absolute atomic E-state index is 0.220. The van der Waals surface area contributed by atoms with Crippen molar-refractivity contribution < 1.29 is 0 Å². The van der Waals surface area contributed by atoms with Gasteiger partial charge in [0.05, 0.1) is 0 Å². The molecule has 0 aromatic heterocycles. The molecule has 19 heavy (non-hydrogen) atoms. The lowest BCUT2D eigenvalue weighted by Crippen LogP contribution is -2.17. The Morgan fingerprint density at radius 2 is 1.74 bits per heavy atom. The van der Waals surface area contributed by atoms with E-state index in [0.717, 1.165) is 6.42 Å². The Morgan fingerprint density at radius 1 is 1.05 bits per heavy atom. The fraction of sp³-hybridized carbons (Fsp3) is 0.294. The van der Waals surface area contributed by atoms with Crippen LogP contribution in [0.4, 0.5) is 0 Å². The highest BCUT2D eigenvalue weighted by Crippen LogP contribution is 2.30. The fourth-order valence-corrected chi connectivity index (χ4v) is 2.99. The Kier molecular flexibility index (Phi) is 4.67. The molecule has 2 rings (SSSR count).